The van der Waals surface area contributed by atoms with E-state index in [1.807, 2.05) is 12.1 Å². The number of fused-ring (bicyclic) bond motifs is 1. The topological polar surface area (TPSA) is 34.1 Å². The number of alkyl halides is 1. The zero-order valence-corrected chi connectivity index (χ0v) is 13.8. The smallest absolute Gasteiger partial charge is 0.152 e. The fourth-order valence-corrected chi connectivity index (χ4v) is 4.40. The van der Waals surface area contributed by atoms with Gasteiger partial charge in [-0.2, -0.15) is 0 Å². The Labute approximate surface area is 127 Å². The Balaban J connectivity index is 2.10. The van der Waals surface area contributed by atoms with Crippen LogP contribution in [0.3, 0.4) is 0 Å². The molecule has 2 rings (SSSR count). The van der Waals surface area contributed by atoms with Crippen molar-refractivity contribution in [3.8, 4) is 0 Å². The van der Waals surface area contributed by atoms with Crippen LogP contribution < -0.4 is 0 Å². The molecule has 1 aliphatic rings. The van der Waals surface area contributed by atoms with E-state index in [0.717, 1.165) is 19.3 Å². The Morgan fingerprint density at radius 3 is 2.70 bits per heavy atom. The second-order valence-electron chi connectivity index (χ2n) is 5.96. The molecular formula is C16H23ClO2S. The third kappa shape index (κ3) is 3.56. The Kier molecular flexibility index (Phi) is 5.14. The van der Waals surface area contributed by atoms with Crippen molar-refractivity contribution in [2.75, 3.05) is 5.75 Å². The van der Waals surface area contributed by atoms with Gasteiger partial charge in [-0.15, -0.1) is 11.6 Å². The summed E-state index contributed by atoms with van der Waals surface area (Å²) in [6.07, 6.45) is 3.82. The summed E-state index contributed by atoms with van der Waals surface area (Å²) in [6.45, 7) is 3.49. The minimum absolute atomic E-state index is 0.0592. The van der Waals surface area contributed by atoms with Crippen molar-refractivity contribution in [2.24, 2.45) is 5.92 Å². The molecular weight excluding hydrogens is 292 g/mol. The van der Waals surface area contributed by atoms with Crippen LogP contribution in [0, 0.1) is 5.92 Å². The predicted octanol–water partition coefficient (Wildman–Crippen LogP) is 4.13. The van der Waals surface area contributed by atoms with Crippen LogP contribution in [0.4, 0.5) is 0 Å². The molecule has 20 heavy (non-hydrogen) atoms. The molecule has 0 aromatic heterocycles. The maximum absolute atomic E-state index is 12.0. The number of rotatable bonds is 4. The van der Waals surface area contributed by atoms with Gasteiger partial charge in [0.15, 0.2) is 9.84 Å². The largest absolute Gasteiger partial charge is 0.229 e. The molecule has 2 atom stereocenters. The summed E-state index contributed by atoms with van der Waals surface area (Å²) in [6, 6.07) is 8.29. The van der Waals surface area contributed by atoms with E-state index in [1.54, 1.807) is 13.8 Å². The summed E-state index contributed by atoms with van der Waals surface area (Å²) in [4.78, 5) is 0. The Bertz CT molecular complexity index is 551. The van der Waals surface area contributed by atoms with Crippen molar-refractivity contribution in [3.05, 3.63) is 35.4 Å². The lowest BCUT2D eigenvalue weighted by Crippen LogP contribution is -2.21. The molecule has 0 aliphatic heterocycles. The fraction of sp³-hybridized carbons (Fsp3) is 0.625. The van der Waals surface area contributed by atoms with Gasteiger partial charge in [0.05, 0.1) is 16.4 Å². The van der Waals surface area contributed by atoms with Crippen LogP contribution in [0.25, 0.3) is 0 Å². The van der Waals surface area contributed by atoms with Crippen LogP contribution in [0.2, 0.25) is 0 Å². The lowest BCUT2D eigenvalue weighted by atomic mass is 9.94. The van der Waals surface area contributed by atoms with Crippen molar-refractivity contribution in [2.45, 2.75) is 50.2 Å². The molecule has 4 heteroatoms. The molecule has 2 unspecified atom stereocenters. The molecule has 0 amide bonds. The highest BCUT2D eigenvalue weighted by atomic mass is 35.5. The van der Waals surface area contributed by atoms with Gasteiger partial charge in [-0.3, -0.25) is 0 Å². The first-order chi connectivity index (χ1) is 9.42. The number of halogens is 1. The van der Waals surface area contributed by atoms with Crippen molar-refractivity contribution >= 4 is 21.4 Å². The normalized spacial score (nSPS) is 23.4. The summed E-state index contributed by atoms with van der Waals surface area (Å²) in [5, 5.41) is -0.356. The summed E-state index contributed by atoms with van der Waals surface area (Å²) < 4.78 is 23.9. The molecule has 1 aromatic rings. The second-order valence-corrected chi connectivity index (χ2v) is 9.10. The predicted molar refractivity (Wildman–Crippen MR) is 85.0 cm³/mol. The van der Waals surface area contributed by atoms with Gasteiger partial charge in [0, 0.05) is 0 Å². The molecule has 112 valence electrons. The second kappa shape index (κ2) is 6.48. The standard InChI is InChI=1S/C16H23ClO2S/c1-12(2)20(18,19)11-10-14-8-5-7-13-6-3-4-9-15(13)16(14)17/h3-4,6,9,12,14,16H,5,7-8,10-11H2,1-2H3. The van der Waals surface area contributed by atoms with E-state index >= 15 is 0 Å². The van der Waals surface area contributed by atoms with Crippen LogP contribution in [-0.2, 0) is 16.3 Å². The Morgan fingerprint density at radius 2 is 2.00 bits per heavy atom. The van der Waals surface area contributed by atoms with Gasteiger partial charge in [0.2, 0.25) is 0 Å². The van der Waals surface area contributed by atoms with Crippen molar-refractivity contribution < 1.29 is 8.42 Å². The monoisotopic (exact) mass is 314 g/mol. The molecule has 0 fully saturated rings. The van der Waals surface area contributed by atoms with Gasteiger partial charge in [0.25, 0.3) is 0 Å². The van der Waals surface area contributed by atoms with Crippen molar-refractivity contribution in [3.63, 3.8) is 0 Å². The summed E-state index contributed by atoms with van der Waals surface area (Å²) in [5.74, 6) is 0.509. The van der Waals surface area contributed by atoms with Gasteiger partial charge < -0.3 is 0 Å². The van der Waals surface area contributed by atoms with Crippen molar-refractivity contribution in [1.82, 2.24) is 0 Å². The van der Waals surface area contributed by atoms with Crippen LogP contribution in [0.5, 0.6) is 0 Å². The van der Waals surface area contributed by atoms with E-state index in [-0.39, 0.29) is 22.3 Å². The fourth-order valence-electron chi connectivity index (χ4n) is 2.83. The molecule has 0 saturated heterocycles. The maximum atomic E-state index is 12.0. The number of hydrogen-bond acceptors (Lipinski definition) is 2. The van der Waals surface area contributed by atoms with E-state index in [4.69, 9.17) is 11.6 Å². The highest BCUT2D eigenvalue weighted by Crippen LogP contribution is 2.39. The Hall–Kier alpha value is -0.540. The Morgan fingerprint density at radius 1 is 1.30 bits per heavy atom. The molecule has 2 nitrogen and oxygen atoms in total. The first-order valence-corrected chi connectivity index (χ1v) is 9.50. The third-order valence-electron chi connectivity index (χ3n) is 4.28. The van der Waals surface area contributed by atoms with Gasteiger partial charge in [-0.05, 0) is 56.6 Å². The van der Waals surface area contributed by atoms with Crippen LogP contribution in [0.15, 0.2) is 24.3 Å². The highest BCUT2D eigenvalue weighted by molar-refractivity contribution is 7.91. The summed E-state index contributed by atoms with van der Waals surface area (Å²) in [7, 11) is -2.97. The number of sulfone groups is 1. The van der Waals surface area contributed by atoms with E-state index in [2.05, 4.69) is 12.1 Å². The minimum Gasteiger partial charge on any atom is -0.229 e. The van der Waals surface area contributed by atoms with Crippen LogP contribution in [0.1, 0.15) is 49.6 Å². The third-order valence-corrected chi connectivity index (χ3v) is 7.11. The van der Waals surface area contributed by atoms with E-state index in [1.165, 1.54) is 11.1 Å². The van der Waals surface area contributed by atoms with Crippen molar-refractivity contribution in [1.29, 1.82) is 0 Å². The first kappa shape index (κ1) is 15.8. The maximum Gasteiger partial charge on any atom is 0.152 e. The molecule has 1 aliphatic carbocycles. The number of hydrogen-bond donors (Lipinski definition) is 0. The SMILES string of the molecule is CC(C)S(=O)(=O)CCC1CCCc2ccccc2C1Cl. The number of benzene rings is 1. The highest BCUT2D eigenvalue weighted by Gasteiger charge is 2.28. The molecule has 0 heterocycles. The lowest BCUT2D eigenvalue weighted by Gasteiger charge is -2.21. The minimum atomic E-state index is -2.97. The summed E-state index contributed by atoms with van der Waals surface area (Å²) >= 11 is 6.63. The average molecular weight is 315 g/mol. The zero-order valence-electron chi connectivity index (χ0n) is 12.2. The van der Waals surface area contributed by atoms with Crippen LogP contribution >= 0.6 is 11.6 Å². The van der Waals surface area contributed by atoms with E-state index < -0.39 is 9.84 Å². The molecule has 0 N–H and O–H groups in total. The molecule has 0 saturated carbocycles. The molecule has 0 bridgehead atoms. The van der Waals surface area contributed by atoms with E-state index in [0.29, 0.717) is 6.42 Å². The summed E-state index contributed by atoms with van der Waals surface area (Å²) in [5.41, 5.74) is 2.51. The van der Waals surface area contributed by atoms with E-state index in [9.17, 15) is 8.42 Å². The number of aryl methyl sites for hydroxylation is 1. The molecule has 0 spiro atoms. The van der Waals surface area contributed by atoms with Gasteiger partial charge in [-0.25, -0.2) is 8.42 Å². The molecule has 1 aromatic carbocycles. The zero-order chi connectivity index (χ0) is 14.8. The van der Waals surface area contributed by atoms with Gasteiger partial charge in [-0.1, -0.05) is 24.3 Å². The quantitative estimate of drug-likeness (QED) is 0.618. The van der Waals surface area contributed by atoms with Gasteiger partial charge >= 0.3 is 0 Å². The first-order valence-electron chi connectivity index (χ1n) is 7.35. The average Bonchev–Trinajstić information content (AvgIpc) is 2.57. The van der Waals surface area contributed by atoms with Crippen LogP contribution in [-0.4, -0.2) is 19.4 Å². The lowest BCUT2D eigenvalue weighted by molar-refractivity contribution is 0.451. The molecule has 0 radical (unpaired) electrons. The van der Waals surface area contributed by atoms with Gasteiger partial charge in [0.1, 0.15) is 0 Å².